The Hall–Kier alpha value is -1.36. The van der Waals surface area contributed by atoms with Crippen LogP contribution in [0, 0.1) is 6.92 Å². The first-order valence-electron chi connectivity index (χ1n) is 8.30. The number of rotatable bonds is 7. The maximum atomic E-state index is 4.79. The molecule has 2 N–H and O–H groups in total. The number of nitrogens with zero attached hydrogens (tertiary/aromatic N) is 3. The van der Waals surface area contributed by atoms with Gasteiger partial charge in [0.1, 0.15) is 5.82 Å². The molecule has 0 aromatic carbocycles. The van der Waals surface area contributed by atoms with Gasteiger partial charge in [-0.3, -0.25) is 0 Å². The molecule has 0 atom stereocenters. The predicted molar refractivity (Wildman–Crippen MR) is 89.1 cm³/mol. The van der Waals surface area contributed by atoms with Crippen LogP contribution < -0.4 is 15.5 Å². The third-order valence-corrected chi connectivity index (χ3v) is 3.90. The number of nitrogens with one attached hydrogen (secondary N) is 2. The van der Waals surface area contributed by atoms with Gasteiger partial charge in [0, 0.05) is 30.9 Å². The number of piperidine rings is 1. The lowest BCUT2D eigenvalue weighted by molar-refractivity contribution is 0.477. The zero-order valence-electron chi connectivity index (χ0n) is 13.7. The van der Waals surface area contributed by atoms with Crippen LogP contribution in [-0.4, -0.2) is 42.2 Å². The molecule has 5 heteroatoms. The highest BCUT2D eigenvalue weighted by molar-refractivity contribution is 5.49. The number of aromatic nitrogens is 2. The van der Waals surface area contributed by atoms with E-state index in [1.165, 1.54) is 0 Å². The molecule has 1 aliphatic rings. The lowest BCUT2D eigenvalue weighted by atomic mass is 10.1. The molecule has 0 radical (unpaired) electrons. The summed E-state index contributed by atoms with van der Waals surface area (Å²) in [6, 6.07) is 0.493. The monoisotopic (exact) mass is 291 g/mol. The zero-order valence-corrected chi connectivity index (χ0v) is 13.7. The Labute approximate surface area is 128 Å². The van der Waals surface area contributed by atoms with Crippen molar-refractivity contribution in [3.05, 3.63) is 11.8 Å². The summed E-state index contributed by atoms with van der Waals surface area (Å²) in [6.45, 7) is 10.8. The molecule has 21 heavy (non-hydrogen) atoms. The molecular formula is C16H29N5. The summed E-state index contributed by atoms with van der Waals surface area (Å²) < 4.78 is 0. The first kappa shape index (κ1) is 16.0. The van der Waals surface area contributed by atoms with E-state index in [1.54, 1.807) is 0 Å². The normalized spacial score (nSPS) is 16.0. The van der Waals surface area contributed by atoms with E-state index in [2.05, 4.69) is 41.3 Å². The predicted octanol–water partition coefficient (Wildman–Crippen LogP) is 2.58. The molecule has 2 rings (SSSR count). The van der Waals surface area contributed by atoms with Gasteiger partial charge in [0.2, 0.25) is 5.95 Å². The van der Waals surface area contributed by atoms with Crippen LogP contribution in [0.1, 0.15) is 45.1 Å². The SMILES string of the molecule is CCCN(CCC)c1nc(NC2CCNCC2)ncc1C. The van der Waals surface area contributed by atoms with Gasteiger partial charge in [0.15, 0.2) is 0 Å². The van der Waals surface area contributed by atoms with Crippen LogP contribution in [0.5, 0.6) is 0 Å². The van der Waals surface area contributed by atoms with Crippen LogP contribution in [0.15, 0.2) is 6.20 Å². The molecule has 0 aliphatic carbocycles. The van der Waals surface area contributed by atoms with Gasteiger partial charge in [0.05, 0.1) is 0 Å². The summed E-state index contributed by atoms with van der Waals surface area (Å²) in [5.74, 6) is 1.87. The smallest absolute Gasteiger partial charge is 0.224 e. The Kier molecular flexibility index (Phi) is 6.23. The van der Waals surface area contributed by atoms with Crippen LogP contribution in [-0.2, 0) is 0 Å². The molecule has 118 valence electrons. The highest BCUT2D eigenvalue weighted by Gasteiger charge is 2.16. The Balaban J connectivity index is 2.10. The largest absolute Gasteiger partial charge is 0.356 e. The van der Waals surface area contributed by atoms with Gasteiger partial charge >= 0.3 is 0 Å². The van der Waals surface area contributed by atoms with Gasteiger partial charge in [-0.15, -0.1) is 0 Å². The molecular weight excluding hydrogens is 262 g/mol. The summed E-state index contributed by atoms with van der Waals surface area (Å²) in [6.07, 6.45) is 6.51. The van der Waals surface area contributed by atoms with E-state index >= 15 is 0 Å². The van der Waals surface area contributed by atoms with Crippen molar-refractivity contribution in [3.8, 4) is 0 Å². The fraction of sp³-hybridized carbons (Fsp3) is 0.750. The summed E-state index contributed by atoms with van der Waals surface area (Å²) in [4.78, 5) is 11.6. The van der Waals surface area contributed by atoms with Crippen molar-refractivity contribution >= 4 is 11.8 Å². The molecule has 2 heterocycles. The van der Waals surface area contributed by atoms with Gasteiger partial charge in [-0.2, -0.15) is 4.98 Å². The zero-order chi connectivity index (χ0) is 15.1. The third-order valence-electron chi connectivity index (χ3n) is 3.90. The summed E-state index contributed by atoms with van der Waals surface area (Å²) in [5, 5.41) is 6.88. The Morgan fingerprint density at radius 2 is 1.90 bits per heavy atom. The second-order valence-electron chi connectivity index (χ2n) is 5.86. The molecule has 1 saturated heterocycles. The lowest BCUT2D eigenvalue weighted by Gasteiger charge is -2.26. The average Bonchev–Trinajstić information content (AvgIpc) is 2.50. The van der Waals surface area contributed by atoms with E-state index in [0.717, 1.165) is 69.2 Å². The maximum Gasteiger partial charge on any atom is 0.224 e. The second-order valence-corrected chi connectivity index (χ2v) is 5.86. The van der Waals surface area contributed by atoms with Crippen molar-refractivity contribution in [2.45, 2.75) is 52.5 Å². The highest BCUT2D eigenvalue weighted by atomic mass is 15.2. The van der Waals surface area contributed by atoms with E-state index in [9.17, 15) is 0 Å². The first-order chi connectivity index (χ1) is 10.2. The van der Waals surface area contributed by atoms with Crippen molar-refractivity contribution in [1.29, 1.82) is 0 Å². The van der Waals surface area contributed by atoms with Gasteiger partial charge in [-0.05, 0) is 45.7 Å². The standard InChI is InChI=1S/C16H29N5/c1-4-10-21(11-5-2)15-13(3)12-18-16(20-15)19-14-6-8-17-9-7-14/h12,14,17H,4-11H2,1-3H3,(H,18,19,20). The maximum absolute atomic E-state index is 4.79. The van der Waals surface area contributed by atoms with Crippen LogP contribution in [0.2, 0.25) is 0 Å². The molecule has 5 nitrogen and oxygen atoms in total. The van der Waals surface area contributed by atoms with Crippen LogP contribution in [0.3, 0.4) is 0 Å². The van der Waals surface area contributed by atoms with E-state index in [4.69, 9.17) is 4.98 Å². The molecule has 0 bridgehead atoms. The van der Waals surface area contributed by atoms with Crippen LogP contribution in [0.4, 0.5) is 11.8 Å². The molecule has 0 amide bonds. The number of anilines is 2. The molecule has 1 aromatic heterocycles. The van der Waals surface area contributed by atoms with Gasteiger partial charge in [-0.25, -0.2) is 4.98 Å². The fourth-order valence-corrected chi connectivity index (χ4v) is 2.83. The third kappa shape index (κ3) is 4.56. The average molecular weight is 291 g/mol. The number of hydrogen-bond acceptors (Lipinski definition) is 5. The lowest BCUT2D eigenvalue weighted by Crippen LogP contribution is -2.36. The highest BCUT2D eigenvalue weighted by Crippen LogP contribution is 2.20. The quantitative estimate of drug-likeness (QED) is 0.808. The molecule has 1 aliphatic heterocycles. The summed E-state index contributed by atoms with van der Waals surface area (Å²) in [5.41, 5.74) is 1.16. The molecule has 0 saturated carbocycles. The van der Waals surface area contributed by atoms with E-state index in [-0.39, 0.29) is 0 Å². The Bertz CT molecular complexity index is 423. The van der Waals surface area contributed by atoms with Crippen molar-refractivity contribution in [1.82, 2.24) is 15.3 Å². The first-order valence-corrected chi connectivity index (χ1v) is 8.30. The Morgan fingerprint density at radius 1 is 1.24 bits per heavy atom. The summed E-state index contributed by atoms with van der Waals surface area (Å²) in [7, 11) is 0. The fourth-order valence-electron chi connectivity index (χ4n) is 2.83. The Morgan fingerprint density at radius 3 is 2.52 bits per heavy atom. The number of hydrogen-bond donors (Lipinski definition) is 2. The molecule has 1 aromatic rings. The minimum Gasteiger partial charge on any atom is -0.356 e. The van der Waals surface area contributed by atoms with E-state index in [1.807, 2.05) is 6.20 Å². The molecule has 0 unspecified atom stereocenters. The second kappa shape index (κ2) is 8.17. The van der Waals surface area contributed by atoms with Crippen molar-refractivity contribution < 1.29 is 0 Å². The van der Waals surface area contributed by atoms with E-state index in [0.29, 0.717) is 6.04 Å². The summed E-state index contributed by atoms with van der Waals surface area (Å²) >= 11 is 0. The minimum atomic E-state index is 0.493. The molecule has 1 fully saturated rings. The van der Waals surface area contributed by atoms with Gasteiger partial charge in [-0.1, -0.05) is 13.8 Å². The number of aryl methyl sites for hydroxylation is 1. The van der Waals surface area contributed by atoms with Gasteiger partial charge in [0.25, 0.3) is 0 Å². The van der Waals surface area contributed by atoms with E-state index < -0.39 is 0 Å². The van der Waals surface area contributed by atoms with Gasteiger partial charge < -0.3 is 15.5 Å². The van der Waals surface area contributed by atoms with Crippen molar-refractivity contribution in [3.63, 3.8) is 0 Å². The topological polar surface area (TPSA) is 53.1 Å². The minimum absolute atomic E-state index is 0.493. The van der Waals surface area contributed by atoms with Crippen molar-refractivity contribution in [2.75, 3.05) is 36.4 Å². The van der Waals surface area contributed by atoms with Crippen molar-refractivity contribution in [2.24, 2.45) is 0 Å². The molecule has 0 spiro atoms. The van der Waals surface area contributed by atoms with Crippen LogP contribution >= 0.6 is 0 Å². The van der Waals surface area contributed by atoms with Crippen LogP contribution in [0.25, 0.3) is 0 Å².